The van der Waals surface area contributed by atoms with Crippen molar-refractivity contribution in [1.29, 1.82) is 0 Å². The zero-order chi connectivity index (χ0) is 21.3. The van der Waals surface area contributed by atoms with E-state index >= 15 is 0 Å². The molecule has 1 aromatic rings. The molecule has 0 aromatic heterocycles. The van der Waals surface area contributed by atoms with E-state index in [9.17, 15) is 22.6 Å². The van der Waals surface area contributed by atoms with Crippen molar-refractivity contribution in [3.05, 3.63) is 29.3 Å². The van der Waals surface area contributed by atoms with Gasteiger partial charge in [-0.3, -0.25) is 4.55 Å². The molecule has 29 heavy (non-hydrogen) atoms. The number of ether oxygens (including phenoxy) is 2. The van der Waals surface area contributed by atoms with Gasteiger partial charge in [-0.05, 0) is 55.7 Å². The number of hydrogen-bond donors (Lipinski definition) is 1. The molecule has 0 saturated heterocycles. The number of hydrogen-bond acceptors (Lipinski definition) is 6. The second-order valence-electron chi connectivity index (χ2n) is 7.53. The van der Waals surface area contributed by atoms with Gasteiger partial charge < -0.3 is 9.47 Å². The second-order valence-corrected chi connectivity index (χ2v) is 8.92. The average Bonchev–Trinajstić information content (AvgIpc) is 2.60. The average molecular weight is 422 g/mol. The van der Waals surface area contributed by atoms with Crippen LogP contribution in [0.1, 0.15) is 74.1 Å². The van der Waals surface area contributed by atoms with Crippen LogP contribution in [0.5, 0.6) is 0 Å². The molecular formula is C20H31LiO7S. The molecule has 0 unspecified atom stereocenters. The molecule has 0 bridgehead atoms. The molecule has 1 N–H and O–H groups in total. The predicted octanol–water partition coefficient (Wildman–Crippen LogP) is 3.47. The summed E-state index contributed by atoms with van der Waals surface area (Å²) >= 11 is 0. The summed E-state index contributed by atoms with van der Waals surface area (Å²) in [5.41, 5.74) is -0.378. The first-order valence-electron chi connectivity index (χ1n) is 9.48. The molecule has 1 aromatic carbocycles. The van der Waals surface area contributed by atoms with Crippen molar-refractivity contribution in [2.45, 2.75) is 58.3 Å². The minimum absolute atomic E-state index is 0. The third-order valence-corrected chi connectivity index (χ3v) is 4.93. The number of carbonyl (C=O) groups excluding carboxylic acids is 2. The van der Waals surface area contributed by atoms with E-state index in [2.05, 4.69) is 13.8 Å². The van der Waals surface area contributed by atoms with E-state index in [-0.39, 0.29) is 43.2 Å². The molecule has 0 fully saturated rings. The van der Waals surface area contributed by atoms with Crippen molar-refractivity contribution >= 4 is 40.9 Å². The van der Waals surface area contributed by atoms with Gasteiger partial charge in [0.2, 0.25) is 0 Å². The Labute approximate surface area is 185 Å². The molecule has 1 rings (SSSR count). The Balaban J connectivity index is 0.00000784. The van der Waals surface area contributed by atoms with Gasteiger partial charge in [-0.1, -0.05) is 27.7 Å². The summed E-state index contributed by atoms with van der Waals surface area (Å²) in [5.74, 6) is -0.646. The van der Waals surface area contributed by atoms with Gasteiger partial charge >= 0.3 is 30.8 Å². The Hall–Kier alpha value is -1.33. The van der Waals surface area contributed by atoms with E-state index in [0.717, 1.165) is 25.0 Å². The van der Waals surface area contributed by atoms with Gasteiger partial charge in [-0.25, -0.2) is 9.59 Å². The van der Waals surface area contributed by atoms with E-state index in [4.69, 9.17) is 9.47 Å². The van der Waals surface area contributed by atoms with E-state index in [1.54, 1.807) is 0 Å². The molecule has 0 aliphatic rings. The van der Waals surface area contributed by atoms with E-state index < -0.39 is 27.0 Å². The van der Waals surface area contributed by atoms with Crippen LogP contribution in [0, 0.1) is 11.8 Å². The van der Waals surface area contributed by atoms with Gasteiger partial charge in [0.15, 0.2) is 0 Å². The predicted molar refractivity (Wildman–Crippen MR) is 112 cm³/mol. The zero-order valence-corrected chi connectivity index (χ0v) is 17.8. The summed E-state index contributed by atoms with van der Waals surface area (Å²) in [6.45, 7) is 8.54. The first kappa shape index (κ1) is 27.7. The maximum absolute atomic E-state index is 12.2. The molecular weight excluding hydrogens is 391 g/mol. The molecule has 7 nitrogen and oxygen atoms in total. The monoisotopic (exact) mass is 422 g/mol. The van der Waals surface area contributed by atoms with Crippen LogP contribution in [0.15, 0.2) is 23.1 Å². The van der Waals surface area contributed by atoms with Gasteiger partial charge in [-0.2, -0.15) is 8.42 Å². The van der Waals surface area contributed by atoms with Crippen molar-refractivity contribution < 1.29 is 32.0 Å². The fourth-order valence-corrected chi connectivity index (χ4v) is 3.21. The normalized spacial score (nSPS) is 11.3. The van der Waals surface area contributed by atoms with E-state index in [1.165, 1.54) is 6.07 Å². The van der Waals surface area contributed by atoms with Gasteiger partial charge in [0.25, 0.3) is 10.1 Å². The Bertz CT molecular complexity index is 773. The molecule has 0 spiro atoms. The summed E-state index contributed by atoms with van der Waals surface area (Å²) in [5, 5.41) is 0. The first-order chi connectivity index (χ1) is 13.0. The number of benzene rings is 1. The third kappa shape index (κ3) is 10.3. The standard InChI is InChI=1S/C20H30O7S.Li.H/c1-14(2)7-5-11-26-19(21)16-9-10-17(18(13-16)28(23,24)25)20(22)27-12-6-8-15(3)4;;/h9-10,13-15H,5-8,11-12H2,1-4H3,(H,23,24,25);;. The summed E-state index contributed by atoms with van der Waals surface area (Å²) in [6, 6.07) is 3.37. The summed E-state index contributed by atoms with van der Waals surface area (Å²) in [6.07, 6.45) is 3.09. The Kier molecular flexibility index (Phi) is 12.5. The van der Waals surface area contributed by atoms with Crippen molar-refractivity contribution in [2.75, 3.05) is 13.2 Å². The number of rotatable bonds is 11. The molecule has 0 saturated carbocycles. The van der Waals surface area contributed by atoms with Crippen molar-refractivity contribution in [2.24, 2.45) is 11.8 Å². The van der Waals surface area contributed by atoms with Crippen LogP contribution in [-0.2, 0) is 19.6 Å². The van der Waals surface area contributed by atoms with E-state index in [1.807, 2.05) is 13.8 Å². The maximum atomic E-state index is 12.2. The first-order valence-corrected chi connectivity index (χ1v) is 10.9. The van der Waals surface area contributed by atoms with Crippen LogP contribution in [0.2, 0.25) is 0 Å². The van der Waals surface area contributed by atoms with Crippen LogP contribution in [-0.4, -0.2) is 57.0 Å². The molecule has 160 valence electrons. The molecule has 0 heterocycles. The quantitative estimate of drug-likeness (QED) is 0.252. The van der Waals surface area contributed by atoms with Gasteiger partial charge in [0, 0.05) is 0 Å². The second kappa shape index (κ2) is 13.1. The Morgan fingerprint density at radius 1 is 0.931 bits per heavy atom. The molecule has 0 aliphatic heterocycles. The summed E-state index contributed by atoms with van der Waals surface area (Å²) < 4.78 is 43.0. The van der Waals surface area contributed by atoms with Crippen LogP contribution >= 0.6 is 0 Å². The van der Waals surface area contributed by atoms with Crippen LogP contribution in [0.25, 0.3) is 0 Å². The van der Waals surface area contributed by atoms with Gasteiger partial charge in [-0.15, -0.1) is 0 Å². The molecule has 0 radical (unpaired) electrons. The summed E-state index contributed by atoms with van der Waals surface area (Å²) in [7, 11) is -4.72. The third-order valence-electron chi connectivity index (χ3n) is 4.03. The summed E-state index contributed by atoms with van der Waals surface area (Å²) in [4.78, 5) is 23.6. The molecule has 0 amide bonds. The number of esters is 2. The van der Waals surface area contributed by atoms with Gasteiger partial charge in [0.05, 0.1) is 24.3 Å². The Morgan fingerprint density at radius 2 is 1.41 bits per heavy atom. The van der Waals surface area contributed by atoms with Crippen LogP contribution < -0.4 is 0 Å². The fourth-order valence-electron chi connectivity index (χ4n) is 2.51. The SMILES string of the molecule is CC(C)CCCOC(=O)c1ccc(C(=O)OCCCC(C)C)c(S(=O)(=O)O)c1.[LiH]. The molecule has 0 aliphatic carbocycles. The van der Waals surface area contributed by atoms with Crippen LogP contribution in [0.3, 0.4) is 0 Å². The minimum atomic E-state index is -4.72. The van der Waals surface area contributed by atoms with Crippen LogP contribution in [0.4, 0.5) is 0 Å². The fraction of sp³-hybridized carbons (Fsp3) is 0.600. The van der Waals surface area contributed by atoms with Crippen molar-refractivity contribution in [3.8, 4) is 0 Å². The zero-order valence-electron chi connectivity index (χ0n) is 16.9. The number of carbonyl (C=O) groups is 2. The van der Waals surface area contributed by atoms with Crippen molar-refractivity contribution in [1.82, 2.24) is 0 Å². The van der Waals surface area contributed by atoms with E-state index in [0.29, 0.717) is 24.7 Å². The van der Waals surface area contributed by atoms with Crippen molar-refractivity contribution in [3.63, 3.8) is 0 Å². The topological polar surface area (TPSA) is 107 Å². The molecule has 9 heteroatoms. The van der Waals surface area contributed by atoms with Gasteiger partial charge in [0.1, 0.15) is 4.90 Å². The molecule has 0 atom stereocenters. The Morgan fingerprint density at radius 3 is 1.86 bits per heavy atom.